The Hall–Kier alpha value is -0.950. The van der Waals surface area contributed by atoms with Crippen molar-refractivity contribution in [3.63, 3.8) is 0 Å². The molecule has 0 aliphatic carbocycles. The summed E-state index contributed by atoms with van der Waals surface area (Å²) < 4.78 is 32.2. The molecule has 0 bridgehead atoms. The van der Waals surface area contributed by atoms with Crippen LogP contribution < -0.4 is 5.32 Å². The largest absolute Gasteiger partial charge is 0.383 e. The third-order valence-corrected chi connectivity index (χ3v) is 5.59. The van der Waals surface area contributed by atoms with Gasteiger partial charge in [0.05, 0.1) is 11.5 Å². The van der Waals surface area contributed by atoms with E-state index >= 15 is 0 Å². The van der Waals surface area contributed by atoms with Crippen LogP contribution in [0.15, 0.2) is 23.1 Å². The number of aryl methyl sites for hydroxylation is 1. The second kappa shape index (κ2) is 7.89. The van der Waals surface area contributed by atoms with Crippen LogP contribution in [-0.4, -0.2) is 46.1 Å². The van der Waals surface area contributed by atoms with Gasteiger partial charge in [-0.25, -0.2) is 8.42 Å². The van der Waals surface area contributed by atoms with Crippen molar-refractivity contribution < 1.29 is 13.2 Å². The van der Waals surface area contributed by atoms with E-state index in [1.165, 1.54) is 4.31 Å². The molecule has 5 nitrogen and oxygen atoms in total. The summed E-state index contributed by atoms with van der Waals surface area (Å²) in [7, 11) is -0.0805. The first-order valence-electron chi connectivity index (χ1n) is 7.13. The van der Waals surface area contributed by atoms with E-state index in [9.17, 15) is 8.42 Å². The first kappa shape index (κ1) is 18.1. The van der Waals surface area contributed by atoms with E-state index < -0.39 is 10.0 Å². The van der Waals surface area contributed by atoms with Gasteiger partial charge in [-0.1, -0.05) is 13.0 Å². The lowest BCUT2D eigenvalue weighted by atomic mass is 10.1. The molecule has 0 saturated heterocycles. The number of likely N-dealkylation sites (N-methyl/N-ethyl adjacent to an activating group) is 1. The van der Waals surface area contributed by atoms with Crippen LogP contribution >= 0.6 is 0 Å². The smallest absolute Gasteiger partial charge is 0.243 e. The molecule has 0 amide bonds. The topological polar surface area (TPSA) is 58.6 Å². The number of methoxy groups -OCH3 is 1. The minimum atomic E-state index is -3.50. The minimum absolute atomic E-state index is 0.195. The van der Waals surface area contributed by atoms with Crippen LogP contribution in [0.4, 0.5) is 0 Å². The molecular formula is C15H26N2O3S. The van der Waals surface area contributed by atoms with Crippen LogP contribution in [0.3, 0.4) is 0 Å². The quantitative estimate of drug-likeness (QED) is 0.794. The van der Waals surface area contributed by atoms with Crippen LogP contribution in [0, 0.1) is 6.92 Å². The zero-order valence-corrected chi connectivity index (χ0v) is 14.3. The van der Waals surface area contributed by atoms with Gasteiger partial charge in [0.25, 0.3) is 0 Å². The molecule has 0 spiro atoms. The first-order chi connectivity index (χ1) is 9.88. The molecule has 0 radical (unpaired) electrons. The predicted molar refractivity (Wildman–Crippen MR) is 84.8 cm³/mol. The molecule has 0 saturated carbocycles. The van der Waals surface area contributed by atoms with Gasteiger partial charge in [0.15, 0.2) is 0 Å². The number of nitrogens with one attached hydrogen (secondary N) is 1. The van der Waals surface area contributed by atoms with Crippen molar-refractivity contribution in [2.75, 3.05) is 27.3 Å². The molecule has 1 aromatic rings. The third kappa shape index (κ3) is 4.26. The maximum atomic E-state index is 12.8. The maximum absolute atomic E-state index is 12.8. The predicted octanol–water partition coefficient (Wildman–Crippen LogP) is 1.76. The Morgan fingerprint density at radius 1 is 1.38 bits per heavy atom. The van der Waals surface area contributed by atoms with Gasteiger partial charge in [-0.2, -0.15) is 4.31 Å². The molecular weight excluding hydrogens is 288 g/mol. The minimum Gasteiger partial charge on any atom is -0.383 e. The lowest BCUT2D eigenvalue weighted by Gasteiger charge is -2.27. The Bertz CT molecular complexity index is 558. The number of ether oxygens (including phenoxy) is 1. The zero-order chi connectivity index (χ0) is 16.0. The van der Waals surface area contributed by atoms with Gasteiger partial charge in [0.2, 0.25) is 10.0 Å². The second-order valence-electron chi connectivity index (χ2n) is 5.13. The van der Waals surface area contributed by atoms with E-state index in [0.29, 0.717) is 24.6 Å². The van der Waals surface area contributed by atoms with Gasteiger partial charge in [0.1, 0.15) is 0 Å². The number of benzene rings is 1. The van der Waals surface area contributed by atoms with E-state index in [4.69, 9.17) is 4.74 Å². The van der Waals surface area contributed by atoms with E-state index in [-0.39, 0.29) is 6.04 Å². The van der Waals surface area contributed by atoms with Gasteiger partial charge in [-0.3, -0.25) is 0 Å². The molecule has 1 aromatic carbocycles. The Morgan fingerprint density at radius 3 is 2.57 bits per heavy atom. The van der Waals surface area contributed by atoms with Crippen molar-refractivity contribution in [2.24, 2.45) is 0 Å². The van der Waals surface area contributed by atoms with E-state index in [1.54, 1.807) is 19.2 Å². The standard InChI is InChI=1S/C15H26N2O3S/c1-6-17(13(3)11-20-5)21(18,19)15-8-7-12(2)14(9-15)10-16-4/h7-9,13,16H,6,10-11H2,1-5H3. The van der Waals surface area contributed by atoms with Gasteiger partial charge in [-0.05, 0) is 44.2 Å². The summed E-state index contributed by atoms with van der Waals surface area (Å²) in [5.74, 6) is 0. The average molecular weight is 314 g/mol. The first-order valence-corrected chi connectivity index (χ1v) is 8.57. The van der Waals surface area contributed by atoms with Gasteiger partial charge in [0, 0.05) is 26.2 Å². The molecule has 0 heterocycles. The Balaban J connectivity index is 3.19. The zero-order valence-electron chi connectivity index (χ0n) is 13.5. The summed E-state index contributed by atoms with van der Waals surface area (Å²) in [5, 5.41) is 3.06. The van der Waals surface area contributed by atoms with Crippen LogP contribution in [0.25, 0.3) is 0 Å². The van der Waals surface area contributed by atoms with Gasteiger partial charge < -0.3 is 10.1 Å². The number of sulfonamides is 1. The Morgan fingerprint density at radius 2 is 2.05 bits per heavy atom. The van der Waals surface area contributed by atoms with Crippen molar-refractivity contribution in [1.29, 1.82) is 0 Å². The van der Waals surface area contributed by atoms with E-state index in [2.05, 4.69) is 5.32 Å². The molecule has 120 valence electrons. The molecule has 6 heteroatoms. The highest BCUT2D eigenvalue weighted by atomic mass is 32.2. The molecule has 0 aromatic heterocycles. The van der Waals surface area contributed by atoms with E-state index in [1.807, 2.05) is 33.9 Å². The van der Waals surface area contributed by atoms with Crippen LogP contribution in [0.1, 0.15) is 25.0 Å². The summed E-state index contributed by atoms with van der Waals surface area (Å²) in [6.45, 7) is 7.12. The lowest BCUT2D eigenvalue weighted by molar-refractivity contribution is 0.142. The van der Waals surface area contributed by atoms with Crippen molar-refractivity contribution in [3.05, 3.63) is 29.3 Å². The van der Waals surface area contributed by atoms with Gasteiger partial charge in [-0.15, -0.1) is 0 Å². The lowest BCUT2D eigenvalue weighted by Crippen LogP contribution is -2.40. The number of hydrogen-bond donors (Lipinski definition) is 1. The molecule has 1 rings (SSSR count). The van der Waals surface area contributed by atoms with Gasteiger partial charge >= 0.3 is 0 Å². The fraction of sp³-hybridized carbons (Fsp3) is 0.600. The molecule has 0 aliphatic heterocycles. The van der Waals surface area contributed by atoms with E-state index in [0.717, 1.165) is 11.1 Å². The number of rotatable bonds is 8. The molecule has 1 N–H and O–H groups in total. The fourth-order valence-corrected chi connectivity index (χ4v) is 4.04. The third-order valence-electron chi connectivity index (χ3n) is 3.51. The summed E-state index contributed by atoms with van der Waals surface area (Å²) in [4.78, 5) is 0.336. The summed E-state index contributed by atoms with van der Waals surface area (Å²) in [6, 6.07) is 5.09. The molecule has 0 aliphatic rings. The summed E-state index contributed by atoms with van der Waals surface area (Å²) in [6.07, 6.45) is 0. The second-order valence-corrected chi connectivity index (χ2v) is 7.02. The van der Waals surface area contributed by atoms with Crippen molar-refractivity contribution in [2.45, 2.75) is 38.3 Å². The summed E-state index contributed by atoms with van der Waals surface area (Å²) >= 11 is 0. The van der Waals surface area contributed by atoms with Crippen molar-refractivity contribution in [1.82, 2.24) is 9.62 Å². The Kier molecular flexibility index (Phi) is 6.80. The monoisotopic (exact) mass is 314 g/mol. The van der Waals surface area contributed by atoms with Crippen molar-refractivity contribution >= 4 is 10.0 Å². The molecule has 1 unspecified atom stereocenters. The molecule has 21 heavy (non-hydrogen) atoms. The molecule has 1 atom stereocenters. The summed E-state index contributed by atoms with van der Waals surface area (Å²) in [5.41, 5.74) is 2.07. The van der Waals surface area contributed by atoms with Crippen LogP contribution in [0.5, 0.6) is 0 Å². The highest BCUT2D eigenvalue weighted by molar-refractivity contribution is 7.89. The van der Waals surface area contributed by atoms with Crippen molar-refractivity contribution in [3.8, 4) is 0 Å². The van der Waals surface area contributed by atoms with Crippen LogP contribution in [0.2, 0.25) is 0 Å². The fourth-order valence-electron chi connectivity index (χ4n) is 2.37. The SMILES string of the molecule is CCN(C(C)COC)S(=O)(=O)c1ccc(C)c(CNC)c1. The Labute approximate surface area is 128 Å². The number of nitrogens with zero attached hydrogens (tertiary/aromatic N) is 1. The maximum Gasteiger partial charge on any atom is 0.243 e. The normalized spacial score (nSPS) is 13.6. The molecule has 0 fully saturated rings. The average Bonchev–Trinajstić information content (AvgIpc) is 2.42. The highest BCUT2D eigenvalue weighted by Crippen LogP contribution is 2.21. The number of hydrogen-bond acceptors (Lipinski definition) is 4. The van der Waals surface area contributed by atoms with Crippen LogP contribution in [-0.2, 0) is 21.3 Å². The highest BCUT2D eigenvalue weighted by Gasteiger charge is 2.28.